The Bertz CT molecular complexity index is 9630. The van der Waals surface area contributed by atoms with Gasteiger partial charge in [0, 0.05) is 160 Å². The van der Waals surface area contributed by atoms with Crippen LogP contribution in [0, 0.1) is 0 Å². The van der Waals surface area contributed by atoms with E-state index in [-0.39, 0.29) is 0 Å². The van der Waals surface area contributed by atoms with Crippen LogP contribution in [0.1, 0.15) is 0 Å². The number of hydrogen-bond acceptors (Lipinski definition) is 7. The first-order valence-electron chi connectivity index (χ1n) is 44.6. The zero-order valence-corrected chi connectivity index (χ0v) is 70.9. The lowest BCUT2D eigenvalue weighted by molar-refractivity contribution is 0.672. The maximum Gasteiger partial charge on any atom is 0.160 e. The third-order valence-corrected chi connectivity index (χ3v) is 26.4. The summed E-state index contributed by atoms with van der Waals surface area (Å²) in [4.78, 5) is 19.9. The maximum atomic E-state index is 6.56. The normalized spacial score (nSPS) is 11.9. The Hall–Kier alpha value is -18.0. The summed E-state index contributed by atoms with van der Waals surface area (Å²) in [5.41, 5.74) is 28.0. The summed E-state index contributed by atoms with van der Waals surface area (Å²) in [6.45, 7) is 0. The number of benzene rings is 19. The van der Waals surface area contributed by atoms with E-state index in [4.69, 9.17) is 33.2 Å². The van der Waals surface area contributed by atoms with Crippen molar-refractivity contribution < 1.29 is 13.3 Å². The second kappa shape index (κ2) is 29.8. The summed E-state index contributed by atoms with van der Waals surface area (Å²) in [7, 11) is 0. The van der Waals surface area contributed by atoms with Crippen molar-refractivity contribution >= 4 is 180 Å². The summed E-state index contributed by atoms with van der Waals surface area (Å²) in [6, 6.07) is 151. The van der Waals surface area contributed by atoms with Crippen molar-refractivity contribution in [1.29, 1.82) is 0 Å². The summed E-state index contributed by atoms with van der Waals surface area (Å²) >= 11 is 0. The molecule has 0 atom stereocenters. The van der Waals surface area contributed by atoms with Crippen molar-refractivity contribution in [2.75, 3.05) is 0 Å². The number of imidazole rings is 2. The molecule has 0 fully saturated rings. The van der Waals surface area contributed by atoms with Crippen LogP contribution in [0.25, 0.3) is 260 Å². The molecule has 10 aromatic heterocycles. The fraction of sp³-hybridized carbons (Fsp3) is 0. The Balaban J connectivity index is 0.000000102. The molecule has 0 aliphatic rings. The molecule has 12 heteroatoms. The molecule has 12 nitrogen and oxygen atoms in total. The zero-order valence-electron chi connectivity index (χ0n) is 70.9. The number of rotatable bonds is 9. The Kier molecular flexibility index (Phi) is 16.8. The van der Waals surface area contributed by atoms with Gasteiger partial charge in [0.05, 0.1) is 61.2 Å². The van der Waals surface area contributed by atoms with Crippen LogP contribution in [-0.4, -0.2) is 42.6 Å². The van der Waals surface area contributed by atoms with Crippen molar-refractivity contribution in [3.8, 4) is 79.3 Å². The Morgan fingerprint density at radius 3 is 0.962 bits per heavy atom. The van der Waals surface area contributed by atoms with Gasteiger partial charge in [-0.1, -0.05) is 303 Å². The predicted molar refractivity (Wildman–Crippen MR) is 543 cm³/mol. The van der Waals surface area contributed by atoms with Crippen LogP contribution >= 0.6 is 0 Å². The summed E-state index contributed by atoms with van der Waals surface area (Å²) < 4.78 is 31.2. The number of para-hydroxylation sites is 9. The molecule has 0 saturated heterocycles. The summed E-state index contributed by atoms with van der Waals surface area (Å²) in [6.07, 6.45) is 4.11. The highest BCUT2D eigenvalue weighted by atomic mass is 16.3. The molecule has 29 aromatic rings. The molecule has 0 aliphatic carbocycles. The van der Waals surface area contributed by atoms with E-state index in [0.717, 1.165) is 172 Å². The molecule has 0 spiro atoms. The third-order valence-electron chi connectivity index (χ3n) is 26.4. The minimum atomic E-state index is 0.709. The highest BCUT2D eigenvalue weighted by Crippen LogP contribution is 2.51. The van der Waals surface area contributed by atoms with Gasteiger partial charge < -0.3 is 31.4 Å². The van der Waals surface area contributed by atoms with Gasteiger partial charge in [-0.15, -0.1) is 0 Å². The van der Waals surface area contributed by atoms with Gasteiger partial charge in [-0.25, -0.2) is 19.9 Å². The predicted octanol–water partition coefficient (Wildman–Crippen LogP) is 31.6. The first kappa shape index (κ1) is 74.3. The number of furan rings is 3. The zero-order chi connectivity index (χ0) is 86.6. The van der Waals surface area contributed by atoms with E-state index in [1.54, 1.807) is 0 Å². The van der Waals surface area contributed by atoms with Gasteiger partial charge in [0.1, 0.15) is 45.0 Å². The van der Waals surface area contributed by atoms with E-state index in [0.29, 0.717) is 5.82 Å². The van der Waals surface area contributed by atoms with Crippen molar-refractivity contribution in [2.45, 2.75) is 0 Å². The maximum absolute atomic E-state index is 6.56. The SMILES string of the molecule is c1ccc(-c2cc(-c3ccc(-n4c5ccccc5c5c6c7ccccc7oc6c6ccccc6c54)cc3)nc(-c3ccccc3)n2)cc1.c1ccc(-n2c(-c3ccc(-n4c5ccccc5c5c6c7ccccc7oc6c6ccccc6c54)cc3)nc3ccccc32)cc1.c1ccc2c(c1)oc1c3ccccc3c3c(c4ccccc4n3-c3ccc(-c4cn5ccccc5n4)cc3)c21. The monoisotopic (exact) mass is 1690 g/mol. The van der Waals surface area contributed by atoms with Gasteiger partial charge in [-0.05, 0) is 127 Å². The number of fused-ring (bicyclic) bond motifs is 32. The first-order chi connectivity index (χ1) is 65.5. The Morgan fingerprint density at radius 2 is 0.530 bits per heavy atom. The second-order valence-electron chi connectivity index (χ2n) is 33.8. The molecule has 0 bridgehead atoms. The average molecular weight is 1690 g/mol. The molecule has 0 radical (unpaired) electrons. The number of nitrogens with zero attached hydrogens (tertiary/aromatic N) is 9. The molecule has 132 heavy (non-hydrogen) atoms. The topological polar surface area (TPSA) is 115 Å². The van der Waals surface area contributed by atoms with E-state index in [2.05, 4.69) is 375 Å². The van der Waals surface area contributed by atoms with Gasteiger partial charge in [-0.2, -0.15) is 0 Å². The molecule has 0 N–H and O–H groups in total. The van der Waals surface area contributed by atoms with E-state index >= 15 is 0 Å². The highest BCUT2D eigenvalue weighted by molar-refractivity contribution is 6.39. The van der Waals surface area contributed by atoms with Gasteiger partial charge in [0.25, 0.3) is 0 Å². The lowest BCUT2D eigenvalue weighted by Gasteiger charge is -2.12. The van der Waals surface area contributed by atoms with Crippen LogP contribution in [0.2, 0.25) is 0 Å². The summed E-state index contributed by atoms with van der Waals surface area (Å²) in [5.74, 6) is 1.63. The minimum Gasteiger partial charge on any atom is -0.455 e. The molecule has 0 saturated carbocycles. The molecular weight excluding hydrogens is 1620 g/mol. The van der Waals surface area contributed by atoms with E-state index in [9.17, 15) is 0 Å². The standard InChI is InChI=1S/C44H27N3O.C41H25N3O.C35H21N3O/c1-3-13-28(14-4-1)36-27-37(46-44(45-36)30-15-5-2-6-16-30)29-23-25-31(26-24-29)47-38-21-11-9-19-34(38)40-41-35-20-10-12-22-39(35)48-43(41)33-18-8-7-17-32(33)42(40)47;1-2-12-27(13-3-1)44-35-20-10-8-18-33(35)42-41(44)26-22-24-28(25-23-26)43-34-19-9-6-16-31(34)37-38-32-17-7-11-21-36(32)45-40(38)30-15-5-4-14-29(30)39(37)43;1-2-10-25-24(9-1)34-32(33-27-12-4-6-14-30(27)39-35(25)33)26-11-3-5-13-29(26)38(34)23-18-16-22(17-19-23)28-21-37-20-8-7-15-31(37)36-28/h1-27H;1-25H;1-21H. The Labute approximate surface area is 753 Å². The van der Waals surface area contributed by atoms with Crippen LogP contribution in [0.3, 0.4) is 0 Å². The molecule has 0 unspecified atom stereocenters. The fourth-order valence-electron chi connectivity index (χ4n) is 20.7. The van der Waals surface area contributed by atoms with E-state index < -0.39 is 0 Å². The smallest absolute Gasteiger partial charge is 0.160 e. The Morgan fingerprint density at radius 1 is 0.205 bits per heavy atom. The van der Waals surface area contributed by atoms with Gasteiger partial charge >= 0.3 is 0 Å². The van der Waals surface area contributed by atoms with Crippen molar-refractivity contribution in [2.24, 2.45) is 0 Å². The highest BCUT2D eigenvalue weighted by Gasteiger charge is 2.28. The van der Waals surface area contributed by atoms with Crippen LogP contribution in [0.5, 0.6) is 0 Å². The lowest BCUT2D eigenvalue weighted by atomic mass is 9.99. The van der Waals surface area contributed by atoms with Crippen molar-refractivity contribution in [3.63, 3.8) is 0 Å². The lowest BCUT2D eigenvalue weighted by Crippen LogP contribution is -1.98. The van der Waals surface area contributed by atoms with E-state index in [1.165, 1.54) is 81.4 Å². The van der Waals surface area contributed by atoms with Gasteiger partial charge in [-0.3, -0.25) is 4.57 Å². The van der Waals surface area contributed by atoms with Crippen molar-refractivity contribution in [1.82, 2.24) is 42.6 Å². The average Bonchev–Trinajstić information content (AvgIpc) is 1.54. The molecule has 29 rings (SSSR count). The van der Waals surface area contributed by atoms with Gasteiger partial charge in [0.15, 0.2) is 5.82 Å². The van der Waals surface area contributed by atoms with Crippen LogP contribution in [0.4, 0.5) is 0 Å². The van der Waals surface area contributed by atoms with E-state index in [1.807, 2.05) is 91.1 Å². The molecule has 19 aromatic carbocycles. The molecular formula is C120H73N9O3. The first-order valence-corrected chi connectivity index (χ1v) is 44.6. The van der Waals surface area contributed by atoms with Crippen LogP contribution < -0.4 is 0 Å². The summed E-state index contributed by atoms with van der Waals surface area (Å²) in [5, 5.41) is 21.1. The number of aromatic nitrogens is 9. The number of pyridine rings is 1. The molecule has 10 heterocycles. The second-order valence-corrected chi connectivity index (χ2v) is 33.8. The largest absolute Gasteiger partial charge is 0.455 e. The van der Waals surface area contributed by atoms with Crippen LogP contribution in [0.15, 0.2) is 456 Å². The van der Waals surface area contributed by atoms with Crippen LogP contribution in [-0.2, 0) is 0 Å². The fourth-order valence-corrected chi connectivity index (χ4v) is 20.7. The number of hydrogen-bond donors (Lipinski definition) is 0. The van der Waals surface area contributed by atoms with Crippen molar-refractivity contribution in [3.05, 3.63) is 443 Å². The molecule has 616 valence electrons. The molecule has 0 aliphatic heterocycles. The minimum absolute atomic E-state index is 0.709. The molecule has 0 amide bonds. The third kappa shape index (κ3) is 11.6. The van der Waals surface area contributed by atoms with Gasteiger partial charge in [0.2, 0.25) is 0 Å². The quantitative estimate of drug-likeness (QED) is 0.141.